The van der Waals surface area contributed by atoms with E-state index >= 15 is 0 Å². The van der Waals surface area contributed by atoms with Crippen molar-refractivity contribution < 1.29 is 9.53 Å². The summed E-state index contributed by atoms with van der Waals surface area (Å²) in [5.74, 6) is 0. The summed E-state index contributed by atoms with van der Waals surface area (Å²) in [7, 11) is 0. The third kappa shape index (κ3) is 24.5. The van der Waals surface area contributed by atoms with Gasteiger partial charge >= 0.3 is 0 Å². The van der Waals surface area contributed by atoms with Gasteiger partial charge in [-0.2, -0.15) is 0 Å². The Kier molecular flexibility index (Phi) is 39.8. The van der Waals surface area contributed by atoms with Crippen molar-refractivity contribution in [2.45, 2.75) is 6.92 Å². The normalized spacial score (nSPS) is 5.62. The van der Waals surface area contributed by atoms with E-state index in [2.05, 4.69) is 9.72 Å². The summed E-state index contributed by atoms with van der Waals surface area (Å²) in [5, 5.41) is 0. The summed E-state index contributed by atoms with van der Waals surface area (Å²) in [4.78, 5) is 12.0. The number of rotatable bonds is 2. The SMILES string of the molecule is CCOC=O.Cl.Cl.Cl.c1cc[nH]c1. The summed E-state index contributed by atoms with van der Waals surface area (Å²) in [6.07, 6.45) is 3.75. The Morgan fingerprint density at radius 2 is 1.69 bits per heavy atom. The smallest absolute Gasteiger partial charge is 0.293 e. The Hall–Kier alpha value is -0.380. The second-order valence-corrected chi connectivity index (χ2v) is 1.44. The molecule has 0 saturated heterocycles. The van der Waals surface area contributed by atoms with Gasteiger partial charge < -0.3 is 9.72 Å². The summed E-state index contributed by atoms with van der Waals surface area (Å²) >= 11 is 0. The fraction of sp³-hybridized carbons (Fsp3) is 0.286. The first-order valence-corrected chi connectivity index (χ1v) is 3.04. The van der Waals surface area contributed by atoms with Crippen LogP contribution in [0.1, 0.15) is 6.92 Å². The number of H-pyrrole nitrogens is 1. The van der Waals surface area contributed by atoms with Crippen molar-refractivity contribution in [3.8, 4) is 0 Å². The van der Waals surface area contributed by atoms with Crippen LogP contribution in [0.2, 0.25) is 0 Å². The summed E-state index contributed by atoms with van der Waals surface area (Å²) in [6, 6.07) is 3.89. The lowest BCUT2D eigenvalue weighted by atomic mass is 10.7. The monoisotopic (exact) mass is 249 g/mol. The van der Waals surface area contributed by atoms with Gasteiger partial charge in [0.1, 0.15) is 0 Å². The minimum absolute atomic E-state index is 0. The molecule has 1 aromatic heterocycles. The number of carbonyl (C=O) groups is 1. The lowest BCUT2D eigenvalue weighted by molar-refractivity contribution is -0.128. The number of halogens is 3. The van der Waals surface area contributed by atoms with E-state index in [1.54, 1.807) is 6.92 Å². The largest absolute Gasteiger partial charge is 0.468 e. The molecule has 0 unspecified atom stereocenters. The van der Waals surface area contributed by atoms with E-state index in [0.29, 0.717) is 13.1 Å². The number of aromatic amines is 1. The molecule has 1 heterocycles. The maximum Gasteiger partial charge on any atom is 0.293 e. The molecule has 0 radical (unpaired) electrons. The number of ether oxygens (including phenoxy) is 1. The first-order chi connectivity index (χ1) is 4.91. The second-order valence-electron chi connectivity index (χ2n) is 1.44. The molecule has 80 valence electrons. The van der Waals surface area contributed by atoms with Crippen molar-refractivity contribution in [3.63, 3.8) is 0 Å². The van der Waals surface area contributed by atoms with Crippen molar-refractivity contribution in [1.82, 2.24) is 4.98 Å². The number of hydrogen-bond acceptors (Lipinski definition) is 2. The highest BCUT2D eigenvalue weighted by Gasteiger charge is 1.60. The average Bonchev–Trinajstić information content (AvgIpc) is 2.44. The van der Waals surface area contributed by atoms with Crippen LogP contribution in [0.25, 0.3) is 0 Å². The van der Waals surface area contributed by atoms with E-state index in [0.717, 1.165) is 0 Å². The van der Waals surface area contributed by atoms with E-state index in [1.807, 2.05) is 24.5 Å². The number of aromatic nitrogens is 1. The van der Waals surface area contributed by atoms with Gasteiger partial charge in [-0.15, -0.1) is 37.2 Å². The molecule has 1 N–H and O–H groups in total. The van der Waals surface area contributed by atoms with Gasteiger partial charge in [-0.1, -0.05) is 0 Å². The van der Waals surface area contributed by atoms with Crippen LogP contribution in [-0.4, -0.2) is 18.1 Å². The molecule has 0 spiro atoms. The number of nitrogens with one attached hydrogen (secondary N) is 1. The Morgan fingerprint density at radius 3 is 1.77 bits per heavy atom. The fourth-order valence-electron chi connectivity index (χ4n) is 0.346. The Balaban J connectivity index is -0.0000000506. The predicted molar refractivity (Wildman–Crippen MR) is 60.2 cm³/mol. The van der Waals surface area contributed by atoms with Gasteiger partial charge in [0.25, 0.3) is 6.47 Å². The van der Waals surface area contributed by atoms with Gasteiger partial charge in [0.15, 0.2) is 0 Å². The van der Waals surface area contributed by atoms with Crippen LogP contribution in [0.5, 0.6) is 0 Å². The standard InChI is InChI=1S/C4H5N.C3H6O2.3ClH/c1-2-4-5-3-1;1-2-5-3-4;;;/h1-5H;3H,2H2,1H3;3*1H. The van der Waals surface area contributed by atoms with E-state index in [9.17, 15) is 4.79 Å². The summed E-state index contributed by atoms with van der Waals surface area (Å²) in [5.41, 5.74) is 0. The molecule has 0 atom stereocenters. The van der Waals surface area contributed by atoms with Crippen LogP contribution in [0.15, 0.2) is 24.5 Å². The van der Waals surface area contributed by atoms with Crippen molar-refractivity contribution in [2.75, 3.05) is 6.61 Å². The van der Waals surface area contributed by atoms with Gasteiger partial charge in [0.2, 0.25) is 0 Å². The third-order valence-corrected chi connectivity index (χ3v) is 0.731. The van der Waals surface area contributed by atoms with E-state index in [4.69, 9.17) is 0 Å². The van der Waals surface area contributed by atoms with Gasteiger partial charge in [-0.05, 0) is 19.1 Å². The van der Waals surface area contributed by atoms with Crippen LogP contribution in [0, 0.1) is 0 Å². The molecule has 0 fully saturated rings. The molecule has 0 aliphatic carbocycles. The average molecular weight is 251 g/mol. The fourth-order valence-corrected chi connectivity index (χ4v) is 0.346. The molecule has 3 nitrogen and oxygen atoms in total. The number of hydrogen-bond donors (Lipinski definition) is 1. The molecule has 13 heavy (non-hydrogen) atoms. The zero-order valence-electron chi connectivity index (χ0n) is 7.14. The minimum atomic E-state index is 0. The van der Waals surface area contributed by atoms with Gasteiger partial charge in [0, 0.05) is 12.4 Å². The zero-order valence-corrected chi connectivity index (χ0v) is 9.58. The Morgan fingerprint density at radius 1 is 1.23 bits per heavy atom. The molecular weight excluding hydrogens is 236 g/mol. The third-order valence-electron chi connectivity index (χ3n) is 0.731. The molecule has 0 bridgehead atoms. The highest BCUT2D eigenvalue weighted by atomic mass is 35.5. The topological polar surface area (TPSA) is 42.1 Å². The molecule has 0 saturated carbocycles. The summed E-state index contributed by atoms with van der Waals surface area (Å²) < 4.78 is 4.15. The van der Waals surface area contributed by atoms with Crippen molar-refractivity contribution >= 4 is 43.7 Å². The highest BCUT2D eigenvalue weighted by molar-refractivity contribution is 5.86. The van der Waals surface area contributed by atoms with E-state index in [-0.39, 0.29) is 37.2 Å². The van der Waals surface area contributed by atoms with E-state index < -0.39 is 0 Å². The van der Waals surface area contributed by atoms with Gasteiger partial charge in [-0.25, -0.2) is 0 Å². The molecule has 1 aromatic rings. The molecule has 0 aliphatic heterocycles. The van der Waals surface area contributed by atoms with Gasteiger partial charge in [-0.3, -0.25) is 4.79 Å². The lowest BCUT2D eigenvalue weighted by Crippen LogP contribution is -1.80. The van der Waals surface area contributed by atoms with Crippen LogP contribution in [0.3, 0.4) is 0 Å². The van der Waals surface area contributed by atoms with Crippen molar-refractivity contribution in [3.05, 3.63) is 24.5 Å². The zero-order chi connectivity index (χ0) is 7.66. The predicted octanol–water partition coefficient (Wildman–Crippen LogP) is 2.46. The number of carbonyl (C=O) groups excluding carboxylic acids is 1. The molecule has 0 aromatic carbocycles. The van der Waals surface area contributed by atoms with Crippen LogP contribution in [-0.2, 0) is 9.53 Å². The molecule has 0 aliphatic rings. The molecule has 1 rings (SSSR count). The quantitative estimate of drug-likeness (QED) is 0.819. The van der Waals surface area contributed by atoms with Crippen molar-refractivity contribution in [2.24, 2.45) is 0 Å². The Bertz CT molecular complexity index is 130. The minimum Gasteiger partial charge on any atom is -0.468 e. The maximum absolute atomic E-state index is 9.18. The summed E-state index contributed by atoms with van der Waals surface area (Å²) in [6.45, 7) is 2.66. The second kappa shape index (κ2) is 22.6. The first-order valence-electron chi connectivity index (χ1n) is 3.04. The van der Waals surface area contributed by atoms with Crippen LogP contribution in [0.4, 0.5) is 0 Å². The molecular formula is C7H14Cl3NO2. The van der Waals surface area contributed by atoms with Crippen LogP contribution < -0.4 is 0 Å². The van der Waals surface area contributed by atoms with Crippen molar-refractivity contribution in [1.29, 1.82) is 0 Å². The molecule has 6 heteroatoms. The van der Waals surface area contributed by atoms with Crippen LogP contribution >= 0.6 is 37.2 Å². The lowest BCUT2D eigenvalue weighted by Gasteiger charge is -1.79. The van der Waals surface area contributed by atoms with E-state index in [1.165, 1.54) is 0 Å². The van der Waals surface area contributed by atoms with Gasteiger partial charge in [0.05, 0.1) is 6.61 Å². The highest BCUT2D eigenvalue weighted by Crippen LogP contribution is 1.72. The Labute approximate surface area is 96.5 Å². The maximum atomic E-state index is 9.18. The molecule has 0 amide bonds. The first kappa shape index (κ1) is 22.9.